The Kier molecular flexibility index (Phi) is 13.7. The van der Waals surface area contributed by atoms with Gasteiger partial charge in [-0.3, -0.25) is 14.4 Å². The largest absolute Gasteiger partial charge is 0.491 e. The van der Waals surface area contributed by atoms with Crippen LogP contribution in [0.4, 0.5) is 0 Å². The topological polar surface area (TPSA) is 118 Å². The predicted molar refractivity (Wildman–Crippen MR) is 251 cm³/mol. The molecular formula is C54H48O9. The van der Waals surface area contributed by atoms with Crippen LogP contribution < -0.4 is 30.5 Å². The molecule has 318 valence electrons. The lowest BCUT2D eigenvalue weighted by Gasteiger charge is -2.10. The van der Waals surface area contributed by atoms with Gasteiger partial charge in [0.15, 0.2) is 16.3 Å². The number of ether oxygens (including phenoxy) is 3. The quantitative estimate of drug-likeness (QED) is 0.140. The Hall–Kier alpha value is -7.65. The van der Waals surface area contributed by atoms with Gasteiger partial charge in [-0.05, 0) is 94.6 Å². The molecule has 3 heterocycles. The highest BCUT2D eigenvalue weighted by atomic mass is 16.5. The third kappa shape index (κ3) is 10.6. The standard InChI is InChI=1S/3C18H16O3/c3*1-12(2)21-14-8-9-15-17(10-14)20-11-16(18(15)19)13-6-4-3-5-7-13/h3*3-12H,1-2H3. The van der Waals surface area contributed by atoms with Crippen molar-refractivity contribution < 1.29 is 27.5 Å². The highest BCUT2D eigenvalue weighted by molar-refractivity contribution is 5.84. The summed E-state index contributed by atoms with van der Waals surface area (Å²) in [5.74, 6) is 2.11. The predicted octanol–water partition coefficient (Wildman–Crippen LogP) is 12.7. The Morgan fingerprint density at radius 2 is 0.603 bits per heavy atom. The second kappa shape index (κ2) is 19.8. The maximum atomic E-state index is 12.6. The zero-order valence-electron chi connectivity index (χ0n) is 36.0. The summed E-state index contributed by atoms with van der Waals surface area (Å²) in [5.41, 5.74) is 5.81. The summed E-state index contributed by atoms with van der Waals surface area (Å²) in [6, 6.07) is 44.5. The molecule has 3 aromatic heterocycles. The van der Waals surface area contributed by atoms with Crippen molar-refractivity contribution in [3.63, 3.8) is 0 Å². The van der Waals surface area contributed by atoms with Gasteiger partial charge in [-0.15, -0.1) is 0 Å². The molecule has 0 saturated heterocycles. The number of hydrogen-bond donors (Lipinski definition) is 0. The van der Waals surface area contributed by atoms with Crippen molar-refractivity contribution in [3.8, 4) is 50.6 Å². The van der Waals surface area contributed by atoms with Crippen LogP contribution in [-0.2, 0) is 0 Å². The van der Waals surface area contributed by atoms with Crippen LogP contribution >= 0.6 is 0 Å². The number of fused-ring (bicyclic) bond motifs is 3. The molecule has 0 bridgehead atoms. The highest BCUT2D eigenvalue weighted by Gasteiger charge is 2.13. The van der Waals surface area contributed by atoms with Crippen molar-refractivity contribution in [1.82, 2.24) is 0 Å². The zero-order chi connectivity index (χ0) is 44.5. The molecule has 0 aliphatic rings. The molecule has 0 radical (unpaired) electrons. The Bertz CT molecular complexity index is 2790. The SMILES string of the molecule is CC(C)Oc1ccc2c(=O)c(-c3ccccc3)coc2c1.CC(C)Oc1ccc2c(=O)c(-c3ccccc3)coc2c1.CC(C)Oc1ccc2c(=O)c(-c3ccccc3)coc2c1. The molecule has 9 aromatic rings. The molecule has 6 aromatic carbocycles. The summed E-state index contributed by atoms with van der Waals surface area (Å²) in [5, 5.41) is 1.69. The van der Waals surface area contributed by atoms with Gasteiger partial charge in [0.05, 0.1) is 51.2 Å². The fourth-order valence-electron chi connectivity index (χ4n) is 6.81. The average Bonchev–Trinajstić information content (AvgIpc) is 3.27. The van der Waals surface area contributed by atoms with E-state index in [0.29, 0.717) is 66.8 Å². The monoisotopic (exact) mass is 840 g/mol. The van der Waals surface area contributed by atoms with Crippen LogP contribution in [0.2, 0.25) is 0 Å². The first-order chi connectivity index (χ1) is 30.4. The molecule has 0 unspecified atom stereocenters. The van der Waals surface area contributed by atoms with Crippen molar-refractivity contribution in [1.29, 1.82) is 0 Å². The first-order valence-electron chi connectivity index (χ1n) is 20.8. The number of hydrogen-bond acceptors (Lipinski definition) is 9. The minimum absolute atomic E-state index is 0.0291. The molecule has 0 aliphatic carbocycles. The molecular weight excluding hydrogens is 793 g/mol. The minimum Gasteiger partial charge on any atom is -0.491 e. The van der Waals surface area contributed by atoms with Crippen LogP contribution in [0.1, 0.15) is 41.5 Å². The molecule has 9 rings (SSSR count). The first-order valence-corrected chi connectivity index (χ1v) is 20.8. The van der Waals surface area contributed by atoms with Crippen molar-refractivity contribution in [3.05, 3.63) is 195 Å². The second-order valence-electron chi connectivity index (χ2n) is 15.5. The lowest BCUT2D eigenvalue weighted by atomic mass is 10.1. The van der Waals surface area contributed by atoms with Crippen molar-refractivity contribution in [2.45, 2.75) is 59.9 Å². The lowest BCUT2D eigenvalue weighted by Crippen LogP contribution is -2.07. The van der Waals surface area contributed by atoms with Crippen LogP contribution in [0, 0.1) is 0 Å². The molecule has 0 fully saturated rings. The van der Waals surface area contributed by atoms with Crippen LogP contribution in [0.3, 0.4) is 0 Å². The second-order valence-corrected chi connectivity index (χ2v) is 15.5. The van der Waals surface area contributed by atoms with Crippen LogP contribution in [0.5, 0.6) is 17.2 Å². The van der Waals surface area contributed by atoms with Crippen LogP contribution in [0.15, 0.2) is 192 Å². The molecule has 9 nitrogen and oxygen atoms in total. The fourth-order valence-corrected chi connectivity index (χ4v) is 6.81. The Labute approximate surface area is 364 Å². The van der Waals surface area contributed by atoms with Gasteiger partial charge in [0.25, 0.3) is 0 Å². The van der Waals surface area contributed by atoms with E-state index >= 15 is 0 Å². The van der Waals surface area contributed by atoms with E-state index in [1.54, 1.807) is 54.6 Å². The fraction of sp³-hybridized carbons (Fsp3) is 0.167. The zero-order valence-corrected chi connectivity index (χ0v) is 36.0. The summed E-state index contributed by atoms with van der Waals surface area (Å²) in [6.45, 7) is 11.7. The van der Waals surface area contributed by atoms with E-state index < -0.39 is 0 Å². The van der Waals surface area contributed by atoms with Gasteiger partial charge in [-0.1, -0.05) is 91.0 Å². The van der Waals surface area contributed by atoms with Gasteiger partial charge < -0.3 is 27.5 Å². The smallest absolute Gasteiger partial charge is 0.200 e. The van der Waals surface area contributed by atoms with Gasteiger partial charge in [-0.2, -0.15) is 0 Å². The van der Waals surface area contributed by atoms with Gasteiger partial charge in [-0.25, -0.2) is 0 Å². The van der Waals surface area contributed by atoms with E-state index in [9.17, 15) is 14.4 Å². The van der Waals surface area contributed by atoms with E-state index in [4.69, 9.17) is 27.5 Å². The van der Waals surface area contributed by atoms with Gasteiger partial charge in [0, 0.05) is 18.2 Å². The van der Waals surface area contributed by atoms with E-state index in [0.717, 1.165) is 16.7 Å². The Morgan fingerprint density at radius 3 is 0.841 bits per heavy atom. The lowest BCUT2D eigenvalue weighted by molar-refractivity contribution is 0.242. The average molecular weight is 841 g/mol. The van der Waals surface area contributed by atoms with E-state index in [2.05, 4.69) is 0 Å². The molecule has 0 N–H and O–H groups in total. The van der Waals surface area contributed by atoms with Gasteiger partial charge in [0.1, 0.15) is 52.8 Å². The third-order valence-electron chi connectivity index (χ3n) is 9.61. The summed E-state index contributed by atoms with van der Waals surface area (Å²) >= 11 is 0. The Morgan fingerprint density at radius 1 is 0.349 bits per heavy atom. The van der Waals surface area contributed by atoms with Gasteiger partial charge >= 0.3 is 0 Å². The van der Waals surface area contributed by atoms with Crippen LogP contribution in [-0.4, -0.2) is 18.3 Å². The van der Waals surface area contributed by atoms with Crippen molar-refractivity contribution in [2.75, 3.05) is 0 Å². The molecule has 0 atom stereocenters. The number of benzene rings is 6. The third-order valence-corrected chi connectivity index (χ3v) is 9.61. The maximum Gasteiger partial charge on any atom is 0.200 e. The van der Waals surface area contributed by atoms with Crippen molar-refractivity contribution >= 4 is 32.9 Å². The summed E-state index contributed by atoms with van der Waals surface area (Å²) in [7, 11) is 0. The first kappa shape index (κ1) is 43.4. The number of rotatable bonds is 9. The van der Waals surface area contributed by atoms with Crippen LogP contribution in [0.25, 0.3) is 66.3 Å². The maximum absolute atomic E-state index is 12.6. The molecule has 0 aliphatic heterocycles. The molecule has 9 heteroatoms. The summed E-state index contributed by atoms with van der Waals surface area (Å²) in [6.07, 6.45) is 4.78. The highest BCUT2D eigenvalue weighted by Crippen LogP contribution is 2.26. The normalized spacial score (nSPS) is 11.0. The molecule has 0 saturated carbocycles. The summed E-state index contributed by atoms with van der Waals surface area (Å²) in [4.78, 5) is 37.7. The molecule has 63 heavy (non-hydrogen) atoms. The molecule has 0 spiro atoms. The van der Waals surface area contributed by atoms with E-state index in [1.165, 1.54) is 18.8 Å². The minimum atomic E-state index is -0.0291. The Balaban J connectivity index is 0.000000142. The van der Waals surface area contributed by atoms with E-state index in [-0.39, 0.29) is 34.6 Å². The summed E-state index contributed by atoms with van der Waals surface area (Å²) < 4.78 is 33.7. The molecule has 0 amide bonds. The van der Waals surface area contributed by atoms with E-state index in [1.807, 2.05) is 133 Å². The van der Waals surface area contributed by atoms with Crippen molar-refractivity contribution in [2.24, 2.45) is 0 Å². The van der Waals surface area contributed by atoms with Gasteiger partial charge in [0.2, 0.25) is 0 Å².